The predicted octanol–water partition coefficient (Wildman–Crippen LogP) is 4.54. The number of para-hydroxylation sites is 1. The molecule has 0 N–H and O–H groups in total. The number of benzene rings is 2. The second-order valence-corrected chi connectivity index (χ2v) is 7.03. The summed E-state index contributed by atoms with van der Waals surface area (Å²) in [5.41, 5.74) is 1.90. The van der Waals surface area contributed by atoms with E-state index in [0.717, 1.165) is 0 Å². The Morgan fingerprint density at radius 3 is 2.42 bits per heavy atom. The van der Waals surface area contributed by atoms with Crippen LogP contribution in [-0.4, -0.2) is 23.5 Å². The molecule has 7 heteroatoms. The van der Waals surface area contributed by atoms with Crippen LogP contribution < -0.4 is 10.3 Å². The van der Waals surface area contributed by atoms with Crippen molar-refractivity contribution < 1.29 is 18.3 Å². The van der Waals surface area contributed by atoms with E-state index in [0.29, 0.717) is 47.5 Å². The van der Waals surface area contributed by atoms with Crippen molar-refractivity contribution in [2.75, 3.05) is 13.9 Å². The Bertz CT molecular complexity index is 1110. The minimum absolute atomic E-state index is 0.0396. The molecule has 0 aliphatic heterocycles. The lowest BCUT2D eigenvalue weighted by Crippen LogP contribution is -2.29. The van der Waals surface area contributed by atoms with Crippen molar-refractivity contribution in [1.29, 1.82) is 0 Å². The van der Waals surface area contributed by atoms with Crippen LogP contribution in [0.5, 0.6) is 5.75 Å². The second kappa shape index (κ2) is 10.3. The first-order valence-corrected chi connectivity index (χ1v) is 10.3. The van der Waals surface area contributed by atoms with Crippen molar-refractivity contribution >= 4 is 0 Å². The zero-order valence-corrected chi connectivity index (χ0v) is 18.0. The third kappa shape index (κ3) is 4.82. The third-order valence-corrected chi connectivity index (χ3v) is 5.13. The summed E-state index contributed by atoms with van der Waals surface area (Å²) in [6.07, 6.45) is 1.37. The van der Waals surface area contributed by atoms with Gasteiger partial charge in [-0.3, -0.25) is 9.36 Å². The number of halogens is 2. The first-order valence-electron chi connectivity index (χ1n) is 10.3. The monoisotopic (exact) mass is 428 g/mol. The van der Waals surface area contributed by atoms with Gasteiger partial charge in [0.05, 0.1) is 11.3 Å². The molecule has 5 nitrogen and oxygen atoms in total. The lowest BCUT2D eigenvalue weighted by molar-refractivity contribution is 0.0487. The van der Waals surface area contributed by atoms with Crippen LogP contribution in [0.4, 0.5) is 8.78 Å². The maximum absolute atomic E-state index is 14.6. The lowest BCUT2D eigenvalue weighted by Gasteiger charge is -2.19. The van der Waals surface area contributed by atoms with Crippen LogP contribution in [0.25, 0.3) is 11.4 Å². The largest absolute Gasteiger partial charge is 0.464 e. The topological polar surface area (TPSA) is 53.4 Å². The molecule has 0 unspecified atom stereocenters. The molecular formula is C24H26F2N2O3. The molecular weight excluding hydrogens is 402 g/mol. The normalized spacial score (nSPS) is 11.0. The summed E-state index contributed by atoms with van der Waals surface area (Å²) in [4.78, 5) is 18.1. The van der Waals surface area contributed by atoms with Crippen molar-refractivity contribution in [3.63, 3.8) is 0 Å². The smallest absolute Gasteiger partial charge is 0.257 e. The van der Waals surface area contributed by atoms with Crippen LogP contribution in [0.1, 0.15) is 30.7 Å². The van der Waals surface area contributed by atoms with E-state index < -0.39 is 5.82 Å². The highest BCUT2D eigenvalue weighted by atomic mass is 19.1. The summed E-state index contributed by atoms with van der Waals surface area (Å²) in [6.45, 7) is 3.86. The highest BCUT2D eigenvalue weighted by molar-refractivity contribution is 5.65. The fourth-order valence-corrected chi connectivity index (χ4v) is 3.58. The number of rotatable bonds is 9. The molecule has 164 valence electrons. The van der Waals surface area contributed by atoms with Gasteiger partial charge in [0.25, 0.3) is 5.56 Å². The van der Waals surface area contributed by atoms with Crippen molar-refractivity contribution in [2.45, 2.75) is 39.7 Å². The van der Waals surface area contributed by atoms with Crippen LogP contribution in [-0.2, 0) is 30.5 Å². The van der Waals surface area contributed by atoms with E-state index in [2.05, 4.69) is 0 Å². The van der Waals surface area contributed by atoms with E-state index in [9.17, 15) is 13.6 Å². The summed E-state index contributed by atoms with van der Waals surface area (Å²) in [6, 6.07) is 10.9. The van der Waals surface area contributed by atoms with E-state index >= 15 is 0 Å². The van der Waals surface area contributed by atoms with E-state index in [1.807, 2.05) is 13.8 Å². The van der Waals surface area contributed by atoms with Gasteiger partial charge >= 0.3 is 0 Å². The Balaban J connectivity index is 2.18. The number of hydrogen-bond donors (Lipinski definition) is 0. The molecule has 0 aliphatic rings. The molecule has 31 heavy (non-hydrogen) atoms. The molecule has 0 bridgehead atoms. The molecule has 0 spiro atoms. The van der Waals surface area contributed by atoms with E-state index in [1.165, 1.54) is 29.9 Å². The van der Waals surface area contributed by atoms with Crippen molar-refractivity contribution in [1.82, 2.24) is 9.55 Å². The van der Waals surface area contributed by atoms with Crippen LogP contribution in [0.15, 0.2) is 47.3 Å². The number of aryl methyl sites for hydroxylation is 2. The fraction of sp³-hybridized carbons (Fsp3) is 0.333. The van der Waals surface area contributed by atoms with Gasteiger partial charge in [-0.15, -0.1) is 0 Å². The first-order chi connectivity index (χ1) is 15.0. The number of aromatic nitrogens is 2. The van der Waals surface area contributed by atoms with Gasteiger partial charge in [0.1, 0.15) is 11.6 Å². The molecule has 0 saturated carbocycles. The number of nitrogens with zero attached hydrogens (tertiary/aromatic N) is 2. The summed E-state index contributed by atoms with van der Waals surface area (Å²) in [7, 11) is 1.44. The quantitative estimate of drug-likeness (QED) is 0.470. The third-order valence-electron chi connectivity index (χ3n) is 5.13. The zero-order valence-electron chi connectivity index (χ0n) is 18.0. The van der Waals surface area contributed by atoms with Gasteiger partial charge in [0.2, 0.25) is 0 Å². The highest BCUT2D eigenvalue weighted by Gasteiger charge is 2.21. The van der Waals surface area contributed by atoms with Gasteiger partial charge in [-0.1, -0.05) is 38.1 Å². The summed E-state index contributed by atoms with van der Waals surface area (Å²) >= 11 is 0. The molecule has 0 aliphatic carbocycles. The molecule has 3 aromatic rings. The lowest BCUT2D eigenvalue weighted by atomic mass is 10.1. The SMILES string of the molecule is CCc1nc(-c2cccc(F)c2OCOC)n(CCc2ccccc2F)c(=O)c1CC. The Labute approximate surface area is 180 Å². The average molecular weight is 428 g/mol. The van der Waals surface area contributed by atoms with Crippen LogP contribution in [0, 0.1) is 11.6 Å². The molecule has 0 radical (unpaired) electrons. The molecule has 2 aromatic carbocycles. The summed E-state index contributed by atoms with van der Waals surface area (Å²) < 4.78 is 40.6. The number of ether oxygens (including phenoxy) is 2. The molecule has 0 atom stereocenters. The van der Waals surface area contributed by atoms with Crippen molar-refractivity contribution in [3.05, 3.63) is 81.3 Å². The van der Waals surface area contributed by atoms with Crippen LogP contribution >= 0.6 is 0 Å². The van der Waals surface area contributed by atoms with Crippen LogP contribution in [0.2, 0.25) is 0 Å². The van der Waals surface area contributed by atoms with Gasteiger partial charge < -0.3 is 9.47 Å². The van der Waals surface area contributed by atoms with Crippen LogP contribution in [0.3, 0.4) is 0 Å². The Kier molecular flexibility index (Phi) is 7.52. The Morgan fingerprint density at radius 1 is 1.00 bits per heavy atom. The highest BCUT2D eigenvalue weighted by Crippen LogP contribution is 2.31. The Hall–Kier alpha value is -3.06. The predicted molar refractivity (Wildman–Crippen MR) is 115 cm³/mol. The first kappa shape index (κ1) is 22.6. The van der Waals surface area contributed by atoms with E-state index in [4.69, 9.17) is 14.5 Å². The molecule has 3 rings (SSSR count). The summed E-state index contributed by atoms with van der Waals surface area (Å²) in [5, 5.41) is 0. The van der Waals surface area contributed by atoms with Gasteiger partial charge in [0.15, 0.2) is 18.4 Å². The molecule has 1 aromatic heterocycles. The van der Waals surface area contributed by atoms with Crippen molar-refractivity contribution in [2.24, 2.45) is 0 Å². The van der Waals surface area contributed by atoms with Gasteiger partial charge in [-0.25, -0.2) is 13.8 Å². The average Bonchev–Trinajstić information content (AvgIpc) is 2.77. The van der Waals surface area contributed by atoms with E-state index in [1.54, 1.807) is 24.3 Å². The van der Waals surface area contributed by atoms with Crippen molar-refractivity contribution in [3.8, 4) is 17.1 Å². The van der Waals surface area contributed by atoms with Gasteiger partial charge in [-0.05, 0) is 43.0 Å². The number of methoxy groups -OCH3 is 1. The molecule has 0 amide bonds. The minimum atomic E-state index is -0.581. The van der Waals surface area contributed by atoms with E-state index in [-0.39, 0.29) is 30.5 Å². The Morgan fingerprint density at radius 2 is 1.74 bits per heavy atom. The number of hydrogen-bond acceptors (Lipinski definition) is 4. The maximum Gasteiger partial charge on any atom is 0.257 e. The van der Waals surface area contributed by atoms with Gasteiger partial charge in [-0.2, -0.15) is 0 Å². The molecule has 0 fully saturated rings. The molecule has 1 heterocycles. The summed E-state index contributed by atoms with van der Waals surface area (Å²) in [5.74, 6) is -0.661. The maximum atomic E-state index is 14.6. The standard InChI is InChI=1S/C24H26F2N2O3/c1-4-17-21(5-2)27-23(18-10-8-12-20(26)22(18)31-15-30-3)28(24(17)29)14-13-16-9-6-7-11-19(16)25/h6-12H,4-5,13-15H2,1-3H3. The second-order valence-electron chi connectivity index (χ2n) is 7.03. The minimum Gasteiger partial charge on any atom is -0.464 e. The van der Waals surface area contributed by atoms with Gasteiger partial charge in [0, 0.05) is 19.2 Å². The fourth-order valence-electron chi connectivity index (χ4n) is 3.58. The molecule has 0 saturated heterocycles. The zero-order chi connectivity index (χ0) is 22.4.